The molecule has 0 aliphatic carbocycles. The van der Waals surface area contributed by atoms with E-state index in [1.807, 2.05) is 11.0 Å². The van der Waals surface area contributed by atoms with Gasteiger partial charge in [-0.3, -0.25) is 0 Å². The topological polar surface area (TPSA) is 99.6 Å². The number of hydrogen-bond acceptors (Lipinski definition) is 7. The number of piperidine rings is 1. The summed E-state index contributed by atoms with van der Waals surface area (Å²) in [6, 6.07) is 2.05. The van der Waals surface area contributed by atoms with Crippen LogP contribution in [0, 0.1) is 11.3 Å². The van der Waals surface area contributed by atoms with Crippen LogP contribution in [0.3, 0.4) is 0 Å². The number of nitriles is 1. The third kappa shape index (κ3) is 2.50. The molecule has 3 N–H and O–H groups in total. The van der Waals surface area contributed by atoms with Gasteiger partial charge in [-0.2, -0.15) is 5.26 Å². The number of anilines is 2. The fourth-order valence-corrected chi connectivity index (χ4v) is 3.22. The van der Waals surface area contributed by atoms with Crippen LogP contribution in [0.15, 0.2) is 0 Å². The number of aliphatic hydroxyl groups excluding tert-OH is 1. The van der Waals surface area contributed by atoms with E-state index in [2.05, 4.69) is 4.74 Å². The number of carbonyl (C=O) groups excluding carboxylic acids is 1. The molecule has 0 aromatic carbocycles. The van der Waals surface area contributed by atoms with Crippen molar-refractivity contribution in [2.24, 2.45) is 0 Å². The van der Waals surface area contributed by atoms with Gasteiger partial charge >= 0.3 is 5.97 Å². The van der Waals surface area contributed by atoms with E-state index in [1.165, 1.54) is 18.4 Å². The molecule has 2 heterocycles. The first-order valence-corrected chi connectivity index (χ1v) is 6.73. The lowest BCUT2D eigenvalue weighted by Crippen LogP contribution is -2.35. The second kappa shape index (κ2) is 5.47. The second-order valence-electron chi connectivity index (χ2n) is 4.35. The summed E-state index contributed by atoms with van der Waals surface area (Å²) in [7, 11) is 1.28. The largest absolute Gasteiger partial charge is 0.465 e. The molecule has 1 fully saturated rings. The smallest absolute Gasteiger partial charge is 0.350 e. The van der Waals surface area contributed by atoms with E-state index in [0.717, 1.165) is 0 Å². The Morgan fingerprint density at radius 2 is 2.21 bits per heavy atom. The molecule has 102 valence electrons. The number of methoxy groups -OCH3 is 1. The van der Waals surface area contributed by atoms with Crippen molar-refractivity contribution in [1.29, 1.82) is 5.26 Å². The maximum absolute atomic E-state index is 11.6. The number of aliphatic hydroxyl groups is 1. The molecule has 19 heavy (non-hydrogen) atoms. The molecule has 1 saturated heterocycles. The van der Waals surface area contributed by atoms with Gasteiger partial charge in [0.05, 0.1) is 18.9 Å². The predicted molar refractivity (Wildman–Crippen MR) is 72.2 cm³/mol. The van der Waals surface area contributed by atoms with Crippen LogP contribution in [-0.2, 0) is 4.74 Å². The monoisotopic (exact) mass is 281 g/mol. The molecule has 0 atom stereocenters. The zero-order valence-corrected chi connectivity index (χ0v) is 11.4. The van der Waals surface area contributed by atoms with Crippen molar-refractivity contribution >= 4 is 28.0 Å². The molecule has 0 bridgehead atoms. The van der Waals surface area contributed by atoms with Gasteiger partial charge in [-0.15, -0.1) is 11.3 Å². The van der Waals surface area contributed by atoms with E-state index in [1.54, 1.807) is 0 Å². The third-order valence-corrected chi connectivity index (χ3v) is 4.41. The molecular formula is C12H15N3O3S. The minimum atomic E-state index is -0.526. The normalized spacial score (nSPS) is 16.2. The molecular weight excluding hydrogens is 266 g/mol. The first-order valence-electron chi connectivity index (χ1n) is 5.92. The molecule has 0 amide bonds. The molecule has 0 radical (unpaired) electrons. The number of thiophene rings is 1. The highest BCUT2D eigenvalue weighted by Gasteiger charge is 2.27. The number of nitrogen functional groups attached to an aromatic ring is 1. The van der Waals surface area contributed by atoms with Gasteiger partial charge in [0, 0.05) is 13.1 Å². The number of hydrogen-bond donors (Lipinski definition) is 2. The summed E-state index contributed by atoms with van der Waals surface area (Å²) < 4.78 is 4.66. The van der Waals surface area contributed by atoms with Crippen LogP contribution in [0.2, 0.25) is 0 Å². The summed E-state index contributed by atoms with van der Waals surface area (Å²) in [5.41, 5.74) is 6.34. The van der Waals surface area contributed by atoms with E-state index in [4.69, 9.17) is 5.73 Å². The fourth-order valence-electron chi connectivity index (χ4n) is 2.08. The lowest BCUT2D eigenvalue weighted by molar-refractivity contribution is 0.0607. The standard InChI is InChI=1S/C12H15N3O3S/c1-18-12(17)10-9(14)8(6-13)11(19-10)15-4-2-7(16)3-5-15/h7,16H,2-5,14H2,1H3. The van der Waals surface area contributed by atoms with Crippen molar-refractivity contribution in [3.63, 3.8) is 0 Å². The molecule has 1 aliphatic heterocycles. The summed E-state index contributed by atoms with van der Waals surface area (Å²) in [6.45, 7) is 1.30. The highest BCUT2D eigenvalue weighted by molar-refractivity contribution is 7.18. The molecule has 0 saturated carbocycles. The first kappa shape index (κ1) is 13.6. The highest BCUT2D eigenvalue weighted by Crippen LogP contribution is 2.39. The average molecular weight is 281 g/mol. The number of carbonyl (C=O) groups is 1. The summed E-state index contributed by atoms with van der Waals surface area (Å²) in [4.78, 5) is 13.8. The summed E-state index contributed by atoms with van der Waals surface area (Å²) in [5, 5.41) is 19.4. The van der Waals surface area contributed by atoms with Gasteiger partial charge in [0.25, 0.3) is 0 Å². The number of esters is 1. The first-order chi connectivity index (χ1) is 9.08. The molecule has 1 aromatic rings. The fraction of sp³-hybridized carbons (Fsp3) is 0.500. The Morgan fingerprint density at radius 3 is 2.74 bits per heavy atom. The Kier molecular flexibility index (Phi) is 3.93. The lowest BCUT2D eigenvalue weighted by Gasteiger charge is -2.30. The summed E-state index contributed by atoms with van der Waals surface area (Å²) >= 11 is 1.17. The van der Waals surface area contributed by atoms with Crippen molar-refractivity contribution in [2.75, 3.05) is 30.8 Å². The predicted octanol–water partition coefficient (Wildman–Crippen LogP) is 0.950. The number of nitrogens with two attached hydrogens (primary N) is 1. The van der Waals surface area contributed by atoms with Crippen LogP contribution < -0.4 is 10.6 Å². The van der Waals surface area contributed by atoms with Gasteiger partial charge in [0.15, 0.2) is 0 Å². The summed E-state index contributed by atoms with van der Waals surface area (Å²) in [6.07, 6.45) is 1.01. The van der Waals surface area contributed by atoms with Crippen molar-refractivity contribution in [3.8, 4) is 6.07 Å². The minimum absolute atomic E-state index is 0.181. The van der Waals surface area contributed by atoms with Crippen molar-refractivity contribution in [3.05, 3.63) is 10.4 Å². The van der Waals surface area contributed by atoms with Crippen LogP contribution in [0.25, 0.3) is 0 Å². The highest BCUT2D eigenvalue weighted by atomic mass is 32.1. The zero-order valence-electron chi connectivity index (χ0n) is 10.5. The molecule has 0 spiro atoms. The Labute approximate surface area is 115 Å². The summed E-state index contributed by atoms with van der Waals surface area (Å²) in [5.74, 6) is -0.526. The second-order valence-corrected chi connectivity index (χ2v) is 5.35. The third-order valence-electron chi connectivity index (χ3n) is 3.16. The molecule has 2 rings (SSSR count). The van der Waals surface area contributed by atoms with E-state index in [0.29, 0.717) is 36.5 Å². The van der Waals surface area contributed by atoms with Crippen LogP contribution in [-0.4, -0.2) is 37.4 Å². The number of rotatable bonds is 2. The number of nitrogens with zero attached hydrogens (tertiary/aromatic N) is 2. The van der Waals surface area contributed by atoms with Gasteiger partial charge in [-0.1, -0.05) is 0 Å². The lowest BCUT2D eigenvalue weighted by atomic mass is 10.1. The van der Waals surface area contributed by atoms with Crippen molar-refractivity contribution in [1.82, 2.24) is 0 Å². The number of ether oxygens (including phenoxy) is 1. The van der Waals surface area contributed by atoms with Gasteiger partial charge in [-0.25, -0.2) is 4.79 Å². The van der Waals surface area contributed by atoms with Gasteiger partial charge in [-0.05, 0) is 12.8 Å². The van der Waals surface area contributed by atoms with E-state index < -0.39 is 5.97 Å². The van der Waals surface area contributed by atoms with Crippen LogP contribution in [0.5, 0.6) is 0 Å². The molecule has 7 heteroatoms. The van der Waals surface area contributed by atoms with Crippen molar-refractivity contribution < 1.29 is 14.6 Å². The minimum Gasteiger partial charge on any atom is -0.465 e. The average Bonchev–Trinajstić information content (AvgIpc) is 2.75. The Balaban J connectivity index is 2.35. The molecule has 0 unspecified atom stereocenters. The van der Waals surface area contributed by atoms with E-state index in [9.17, 15) is 15.2 Å². The van der Waals surface area contributed by atoms with E-state index >= 15 is 0 Å². The van der Waals surface area contributed by atoms with Gasteiger partial charge in [0.1, 0.15) is 21.5 Å². The molecule has 1 aliphatic rings. The van der Waals surface area contributed by atoms with Crippen molar-refractivity contribution in [2.45, 2.75) is 18.9 Å². The molecule has 1 aromatic heterocycles. The van der Waals surface area contributed by atoms with Crippen LogP contribution >= 0.6 is 11.3 Å². The molecule has 6 nitrogen and oxygen atoms in total. The van der Waals surface area contributed by atoms with Gasteiger partial charge < -0.3 is 20.5 Å². The Morgan fingerprint density at radius 1 is 1.58 bits per heavy atom. The quantitative estimate of drug-likeness (QED) is 0.783. The maximum Gasteiger partial charge on any atom is 0.350 e. The Bertz CT molecular complexity index is 527. The van der Waals surface area contributed by atoms with Crippen LogP contribution in [0.4, 0.5) is 10.7 Å². The maximum atomic E-state index is 11.6. The zero-order chi connectivity index (χ0) is 14.0. The SMILES string of the molecule is COC(=O)c1sc(N2CCC(O)CC2)c(C#N)c1N. The van der Waals surface area contributed by atoms with Gasteiger partial charge in [0.2, 0.25) is 0 Å². The Hall–Kier alpha value is -1.78. The van der Waals surface area contributed by atoms with E-state index in [-0.39, 0.29) is 16.7 Å². The van der Waals surface area contributed by atoms with Crippen LogP contribution in [0.1, 0.15) is 28.1 Å².